The molecule has 32 heavy (non-hydrogen) atoms. The summed E-state index contributed by atoms with van der Waals surface area (Å²) in [5, 5.41) is 12.6. The van der Waals surface area contributed by atoms with Crippen molar-refractivity contribution < 1.29 is 8.42 Å². The minimum absolute atomic E-state index is 0.123. The predicted molar refractivity (Wildman–Crippen MR) is 124 cm³/mol. The van der Waals surface area contributed by atoms with Crippen LogP contribution < -0.4 is 10.2 Å². The molecule has 2 fully saturated rings. The summed E-state index contributed by atoms with van der Waals surface area (Å²) in [6.07, 6.45) is 3.48. The van der Waals surface area contributed by atoms with Crippen LogP contribution in [0.1, 0.15) is 12.0 Å². The summed E-state index contributed by atoms with van der Waals surface area (Å²) in [4.78, 5) is 16.4. The van der Waals surface area contributed by atoms with Crippen molar-refractivity contribution >= 4 is 27.3 Å². The standard InChI is InChI=1S/C22H29N7O2S/c1-17-14-24-21(25-18-4-6-19(7-5-18)32(3,30)31)26-20(17)28-15-22(16-28,8-9-23)29-12-10-27(2)11-13-29/h4-7,14H,8,10-13,15-16H2,1-3H3,(H,24,25,26). The van der Waals surface area contributed by atoms with Crippen molar-refractivity contribution in [3.8, 4) is 6.07 Å². The van der Waals surface area contributed by atoms with Crippen LogP contribution in [0.5, 0.6) is 0 Å². The van der Waals surface area contributed by atoms with Crippen LogP contribution in [0.15, 0.2) is 35.4 Å². The summed E-state index contributed by atoms with van der Waals surface area (Å²) in [6.45, 7) is 7.52. The van der Waals surface area contributed by atoms with E-state index in [4.69, 9.17) is 4.98 Å². The summed E-state index contributed by atoms with van der Waals surface area (Å²) >= 11 is 0. The van der Waals surface area contributed by atoms with E-state index in [2.05, 4.69) is 38.1 Å². The van der Waals surface area contributed by atoms with Crippen LogP contribution in [-0.2, 0) is 9.84 Å². The Bertz CT molecular complexity index is 1110. The number of piperazine rings is 1. The van der Waals surface area contributed by atoms with Gasteiger partial charge in [0.2, 0.25) is 5.95 Å². The SMILES string of the molecule is Cc1cnc(Nc2ccc(S(C)(=O)=O)cc2)nc1N1CC(CC#N)(N2CCN(C)CC2)C1. The molecule has 1 aromatic carbocycles. The number of sulfone groups is 1. The van der Waals surface area contributed by atoms with Gasteiger partial charge in [-0.05, 0) is 38.2 Å². The summed E-state index contributed by atoms with van der Waals surface area (Å²) in [5.74, 6) is 1.31. The van der Waals surface area contributed by atoms with Crippen molar-refractivity contribution in [3.63, 3.8) is 0 Å². The fraction of sp³-hybridized carbons (Fsp3) is 0.500. The Hall–Kier alpha value is -2.74. The van der Waals surface area contributed by atoms with Gasteiger partial charge in [0.1, 0.15) is 5.82 Å². The first-order chi connectivity index (χ1) is 15.2. The maximum atomic E-state index is 11.7. The van der Waals surface area contributed by atoms with Gasteiger partial charge >= 0.3 is 0 Å². The van der Waals surface area contributed by atoms with Crippen LogP contribution in [0.25, 0.3) is 0 Å². The zero-order valence-electron chi connectivity index (χ0n) is 18.7. The number of hydrogen-bond acceptors (Lipinski definition) is 9. The molecule has 0 atom stereocenters. The van der Waals surface area contributed by atoms with E-state index in [9.17, 15) is 13.7 Å². The van der Waals surface area contributed by atoms with Crippen LogP contribution >= 0.6 is 0 Å². The fourth-order valence-corrected chi connectivity index (χ4v) is 5.02. The number of hydrogen-bond donors (Lipinski definition) is 1. The Morgan fingerprint density at radius 3 is 2.41 bits per heavy atom. The van der Waals surface area contributed by atoms with Crippen molar-refractivity contribution in [2.75, 3.05) is 62.8 Å². The van der Waals surface area contributed by atoms with Crippen molar-refractivity contribution in [2.45, 2.75) is 23.8 Å². The van der Waals surface area contributed by atoms with Crippen molar-refractivity contribution in [1.29, 1.82) is 5.26 Å². The molecule has 1 N–H and O–H groups in total. The third-order valence-electron chi connectivity index (χ3n) is 6.34. The van der Waals surface area contributed by atoms with E-state index >= 15 is 0 Å². The van der Waals surface area contributed by atoms with Gasteiger partial charge in [-0.3, -0.25) is 4.90 Å². The van der Waals surface area contributed by atoms with E-state index in [1.54, 1.807) is 30.5 Å². The summed E-state index contributed by atoms with van der Waals surface area (Å²) < 4.78 is 23.3. The Kier molecular flexibility index (Phi) is 6.07. The molecule has 4 rings (SSSR count). The van der Waals surface area contributed by atoms with Gasteiger partial charge in [0.25, 0.3) is 0 Å². The number of aromatic nitrogens is 2. The second-order valence-electron chi connectivity index (χ2n) is 8.83. The number of rotatable bonds is 6. The maximum Gasteiger partial charge on any atom is 0.229 e. The molecule has 2 aliphatic heterocycles. The lowest BCUT2D eigenvalue weighted by Crippen LogP contribution is -2.72. The normalized spacial score (nSPS) is 19.2. The number of nitrogens with one attached hydrogen (secondary N) is 1. The molecule has 170 valence electrons. The van der Waals surface area contributed by atoms with E-state index in [1.165, 1.54) is 6.26 Å². The van der Waals surface area contributed by atoms with Gasteiger partial charge < -0.3 is 15.1 Å². The quantitative estimate of drug-likeness (QED) is 0.696. The Morgan fingerprint density at radius 2 is 1.81 bits per heavy atom. The van der Waals surface area contributed by atoms with Crippen LogP contribution in [0.3, 0.4) is 0 Å². The highest BCUT2D eigenvalue weighted by molar-refractivity contribution is 7.90. The van der Waals surface area contributed by atoms with Gasteiger partial charge in [0.15, 0.2) is 9.84 Å². The van der Waals surface area contributed by atoms with E-state index in [0.29, 0.717) is 18.1 Å². The second kappa shape index (κ2) is 8.65. The lowest BCUT2D eigenvalue weighted by molar-refractivity contribution is 0.0218. The monoisotopic (exact) mass is 455 g/mol. The van der Waals surface area contributed by atoms with Crippen LogP contribution in [0, 0.1) is 18.3 Å². The van der Waals surface area contributed by atoms with E-state index < -0.39 is 9.84 Å². The molecule has 0 saturated carbocycles. The number of aryl methyl sites for hydroxylation is 1. The zero-order valence-corrected chi connectivity index (χ0v) is 19.6. The highest BCUT2D eigenvalue weighted by atomic mass is 32.2. The highest BCUT2D eigenvalue weighted by Gasteiger charge is 2.48. The molecule has 0 bridgehead atoms. The summed E-state index contributed by atoms with van der Waals surface area (Å²) in [6, 6.07) is 8.93. The second-order valence-corrected chi connectivity index (χ2v) is 10.8. The molecule has 3 heterocycles. The van der Waals surface area contributed by atoms with Crippen LogP contribution in [0.2, 0.25) is 0 Å². The predicted octanol–water partition coefficient (Wildman–Crippen LogP) is 1.65. The van der Waals surface area contributed by atoms with Crippen LogP contribution in [-0.4, -0.2) is 86.3 Å². The molecule has 9 nitrogen and oxygen atoms in total. The lowest BCUT2D eigenvalue weighted by atomic mass is 9.84. The highest BCUT2D eigenvalue weighted by Crippen LogP contribution is 2.36. The minimum Gasteiger partial charge on any atom is -0.352 e. The van der Waals surface area contributed by atoms with Crippen LogP contribution in [0.4, 0.5) is 17.5 Å². The number of benzene rings is 1. The Morgan fingerprint density at radius 1 is 1.16 bits per heavy atom. The third kappa shape index (κ3) is 4.55. The molecule has 0 spiro atoms. The average molecular weight is 456 g/mol. The number of anilines is 3. The summed E-state index contributed by atoms with van der Waals surface area (Å²) in [7, 11) is -1.10. The summed E-state index contributed by atoms with van der Waals surface area (Å²) in [5.41, 5.74) is 1.57. The van der Waals surface area contributed by atoms with Gasteiger partial charge in [-0.1, -0.05) is 0 Å². The average Bonchev–Trinajstić information content (AvgIpc) is 2.72. The molecule has 2 aromatic rings. The van der Waals surface area contributed by atoms with Crippen molar-refractivity contribution in [3.05, 3.63) is 36.0 Å². The van der Waals surface area contributed by atoms with Gasteiger partial charge in [0.05, 0.1) is 22.9 Å². The number of nitriles is 1. The molecule has 0 radical (unpaired) electrons. The minimum atomic E-state index is -3.24. The topological polar surface area (TPSA) is 105 Å². The fourth-order valence-electron chi connectivity index (χ4n) is 4.39. The smallest absolute Gasteiger partial charge is 0.229 e. The molecule has 0 unspecified atom stereocenters. The van der Waals surface area contributed by atoms with Crippen molar-refractivity contribution in [2.24, 2.45) is 0 Å². The van der Waals surface area contributed by atoms with Gasteiger partial charge in [-0.15, -0.1) is 0 Å². The van der Waals surface area contributed by atoms with Crippen molar-refractivity contribution in [1.82, 2.24) is 19.8 Å². The number of nitrogens with zero attached hydrogens (tertiary/aromatic N) is 6. The molecule has 0 aliphatic carbocycles. The Balaban J connectivity index is 1.48. The first-order valence-electron chi connectivity index (χ1n) is 10.7. The van der Waals surface area contributed by atoms with E-state index in [0.717, 1.165) is 50.6 Å². The molecular weight excluding hydrogens is 426 g/mol. The van der Waals surface area contributed by atoms with Gasteiger partial charge in [-0.25, -0.2) is 13.4 Å². The lowest BCUT2D eigenvalue weighted by Gasteiger charge is -2.57. The molecule has 1 aromatic heterocycles. The van der Waals surface area contributed by atoms with Gasteiger partial charge in [-0.2, -0.15) is 10.2 Å². The first-order valence-corrected chi connectivity index (χ1v) is 12.6. The zero-order chi connectivity index (χ0) is 22.9. The van der Waals surface area contributed by atoms with E-state index in [-0.39, 0.29) is 10.4 Å². The molecular formula is C22H29N7O2S. The molecule has 0 amide bonds. The third-order valence-corrected chi connectivity index (χ3v) is 7.46. The molecule has 2 aliphatic rings. The maximum absolute atomic E-state index is 11.7. The molecule has 2 saturated heterocycles. The number of likely N-dealkylation sites (N-methyl/N-ethyl adjacent to an activating group) is 1. The van der Waals surface area contributed by atoms with Gasteiger partial charge in [0, 0.05) is 63.0 Å². The Labute approximate surface area is 189 Å². The van der Waals surface area contributed by atoms with E-state index in [1.807, 2.05) is 6.92 Å². The molecule has 10 heteroatoms. The first kappa shape index (κ1) is 22.5. The largest absolute Gasteiger partial charge is 0.352 e.